The number of nitriles is 1. The van der Waals surface area contributed by atoms with Gasteiger partial charge in [-0.2, -0.15) is 5.26 Å². The third kappa shape index (κ3) is 4.13. The maximum Gasteiger partial charge on any atom is 0.348 e. The van der Waals surface area contributed by atoms with Gasteiger partial charge in [-0.1, -0.05) is 12.1 Å². The van der Waals surface area contributed by atoms with Gasteiger partial charge in [0.15, 0.2) is 5.76 Å². The first-order valence-electron chi connectivity index (χ1n) is 7.26. The molecule has 6 nitrogen and oxygen atoms in total. The fraction of sp³-hybridized carbons (Fsp3) is 0.0556. The van der Waals surface area contributed by atoms with E-state index in [1.54, 1.807) is 48.5 Å². The van der Waals surface area contributed by atoms with Crippen molar-refractivity contribution in [1.29, 1.82) is 5.26 Å². The molecule has 124 valence electrons. The quantitative estimate of drug-likeness (QED) is 0.705. The predicted molar refractivity (Wildman–Crippen MR) is 91.3 cm³/mol. The van der Waals surface area contributed by atoms with Crippen LogP contribution < -0.4 is 5.32 Å². The topological polar surface area (TPSA) is 92.3 Å². The molecule has 0 atom stereocenters. The van der Waals surface area contributed by atoms with Gasteiger partial charge in [0.2, 0.25) is 0 Å². The van der Waals surface area contributed by atoms with Crippen molar-refractivity contribution in [2.24, 2.45) is 0 Å². The SMILES string of the molecule is N#Cc1ccc(COC(=O)c2ccc(NC(=O)c3ccco3)s2)cc1. The van der Waals surface area contributed by atoms with Crippen molar-refractivity contribution in [1.82, 2.24) is 0 Å². The van der Waals surface area contributed by atoms with E-state index >= 15 is 0 Å². The molecule has 0 fully saturated rings. The van der Waals surface area contributed by atoms with Gasteiger partial charge in [0.25, 0.3) is 5.91 Å². The Morgan fingerprint density at radius 1 is 1.16 bits per heavy atom. The van der Waals surface area contributed by atoms with Crippen LogP contribution in [0.2, 0.25) is 0 Å². The standard InChI is InChI=1S/C18H12N2O4S/c19-10-12-3-5-13(6-4-12)11-24-18(22)15-7-8-16(25-15)20-17(21)14-2-1-9-23-14/h1-9H,11H2,(H,20,21). The summed E-state index contributed by atoms with van der Waals surface area (Å²) in [5.74, 6) is -0.671. The number of furan rings is 1. The third-order valence-electron chi connectivity index (χ3n) is 3.24. The van der Waals surface area contributed by atoms with Gasteiger partial charge in [-0.15, -0.1) is 11.3 Å². The highest BCUT2D eigenvalue weighted by Crippen LogP contribution is 2.23. The van der Waals surface area contributed by atoms with Gasteiger partial charge in [-0.25, -0.2) is 4.79 Å². The monoisotopic (exact) mass is 352 g/mol. The fourth-order valence-corrected chi connectivity index (χ4v) is 2.79. The molecule has 25 heavy (non-hydrogen) atoms. The maximum atomic E-state index is 12.1. The van der Waals surface area contributed by atoms with Crippen LogP contribution in [-0.4, -0.2) is 11.9 Å². The summed E-state index contributed by atoms with van der Waals surface area (Å²) >= 11 is 1.12. The number of esters is 1. The van der Waals surface area contributed by atoms with Crippen LogP contribution in [0.15, 0.2) is 59.2 Å². The minimum Gasteiger partial charge on any atom is -0.459 e. The molecule has 7 heteroatoms. The summed E-state index contributed by atoms with van der Waals surface area (Å²) in [6.07, 6.45) is 1.41. The van der Waals surface area contributed by atoms with Crippen molar-refractivity contribution in [2.75, 3.05) is 5.32 Å². The molecule has 1 aromatic carbocycles. The van der Waals surface area contributed by atoms with E-state index in [4.69, 9.17) is 14.4 Å². The van der Waals surface area contributed by atoms with Gasteiger partial charge >= 0.3 is 5.97 Å². The summed E-state index contributed by atoms with van der Waals surface area (Å²) in [4.78, 5) is 24.3. The van der Waals surface area contributed by atoms with Crippen LogP contribution in [0.4, 0.5) is 5.00 Å². The molecule has 0 saturated carbocycles. The van der Waals surface area contributed by atoms with E-state index in [1.165, 1.54) is 6.26 Å². The molecule has 0 aliphatic rings. The molecule has 2 heterocycles. The second-order valence-corrected chi connectivity index (χ2v) is 6.06. The molecule has 0 unspecified atom stereocenters. The second-order valence-electron chi connectivity index (χ2n) is 4.98. The lowest BCUT2D eigenvalue weighted by atomic mass is 10.2. The number of hydrogen-bond acceptors (Lipinski definition) is 6. The van der Waals surface area contributed by atoms with Crippen molar-refractivity contribution in [2.45, 2.75) is 6.61 Å². The number of nitrogens with one attached hydrogen (secondary N) is 1. The first kappa shape index (κ1) is 16.5. The summed E-state index contributed by atoms with van der Waals surface area (Å²) in [5.41, 5.74) is 1.33. The van der Waals surface area contributed by atoms with E-state index in [2.05, 4.69) is 5.32 Å². The minimum absolute atomic E-state index is 0.108. The summed E-state index contributed by atoms with van der Waals surface area (Å²) in [7, 11) is 0. The lowest BCUT2D eigenvalue weighted by Gasteiger charge is -2.03. The number of rotatable bonds is 5. The van der Waals surface area contributed by atoms with Gasteiger partial charge in [0.05, 0.1) is 22.9 Å². The Morgan fingerprint density at radius 2 is 1.96 bits per heavy atom. The Balaban J connectivity index is 1.56. The smallest absolute Gasteiger partial charge is 0.348 e. The molecule has 3 rings (SSSR count). The number of ether oxygens (including phenoxy) is 1. The van der Waals surface area contributed by atoms with E-state index in [0.717, 1.165) is 16.9 Å². The van der Waals surface area contributed by atoms with Gasteiger partial charge in [0, 0.05) is 0 Å². The number of benzene rings is 1. The highest BCUT2D eigenvalue weighted by atomic mass is 32.1. The molecule has 3 aromatic rings. The summed E-state index contributed by atoms with van der Waals surface area (Å²) < 4.78 is 10.2. The predicted octanol–water partition coefficient (Wildman–Crippen LogP) is 3.82. The number of hydrogen-bond donors (Lipinski definition) is 1. The van der Waals surface area contributed by atoms with E-state index in [0.29, 0.717) is 15.4 Å². The number of carbonyl (C=O) groups is 2. The highest BCUT2D eigenvalue weighted by Gasteiger charge is 2.14. The Hall–Kier alpha value is -3.37. The molecule has 0 saturated heterocycles. The molecular formula is C18H12N2O4S. The van der Waals surface area contributed by atoms with Gasteiger partial charge in [0.1, 0.15) is 11.5 Å². The third-order valence-corrected chi connectivity index (χ3v) is 4.22. The van der Waals surface area contributed by atoms with E-state index < -0.39 is 5.97 Å². The second kappa shape index (κ2) is 7.47. The van der Waals surface area contributed by atoms with Crippen LogP contribution in [0.3, 0.4) is 0 Å². The number of nitrogens with zero attached hydrogens (tertiary/aromatic N) is 1. The molecule has 2 aromatic heterocycles. The molecule has 1 amide bonds. The zero-order valence-corrected chi connectivity index (χ0v) is 13.7. The lowest BCUT2D eigenvalue weighted by Crippen LogP contribution is -2.09. The van der Waals surface area contributed by atoms with Crippen molar-refractivity contribution in [3.05, 3.63) is 76.6 Å². The average Bonchev–Trinajstić information content (AvgIpc) is 3.32. The van der Waals surface area contributed by atoms with Crippen LogP contribution in [0.1, 0.15) is 31.4 Å². The molecule has 1 N–H and O–H groups in total. The Bertz CT molecular complexity index is 921. The normalized spacial score (nSPS) is 10.0. The van der Waals surface area contributed by atoms with E-state index in [9.17, 15) is 9.59 Å². The molecule has 0 radical (unpaired) electrons. The van der Waals surface area contributed by atoms with Crippen LogP contribution in [-0.2, 0) is 11.3 Å². The molecule has 0 spiro atoms. The molecule has 0 aliphatic carbocycles. The van der Waals surface area contributed by atoms with Gasteiger partial charge < -0.3 is 14.5 Å². The van der Waals surface area contributed by atoms with Crippen LogP contribution in [0.25, 0.3) is 0 Å². The summed E-state index contributed by atoms with van der Waals surface area (Å²) in [6.45, 7) is 0.108. The van der Waals surface area contributed by atoms with E-state index in [1.807, 2.05) is 6.07 Å². The minimum atomic E-state index is -0.479. The molecular weight excluding hydrogens is 340 g/mol. The Kier molecular flexibility index (Phi) is 4.92. The van der Waals surface area contributed by atoms with Crippen molar-refractivity contribution in [3.8, 4) is 6.07 Å². The zero-order valence-electron chi connectivity index (χ0n) is 12.9. The molecule has 0 aliphatic heterocycles. The zero-order chi connectivity index (χ0) is 17.6. The summed E-state index contributed by atoms with van der Waals surface area (Å²) in [6, 6.07) is 15.2. The number of carbonyl (C=O) groups excluding carboxylic acids is 2. The van der Waals surface area contributed by atoms with Crippen molar-refractivity contribution >= 4 is 28.2 Å². The summed E-state index contributed by atoms with van der Waals surface area (Å²) in [5, 5.41) is 11.9. The molecule has 0 bridgehead atoms. The van der Waals surface area contributed by atoms with Crippen LogP contribution in [0, 0.1) is 11.3 Å². The fourth-order valence-electron chi connectivity index (χ4n) is 1.99. The number of anilines is 1. The first-order chi connectivity index (χ1) is 12.2. The number of thiophene rings is 1. The highest BCUT2D eigenvalue weighted by molar-refractivity contribution is 7.18. The number of amides is 1. The van der Waals surface area contributed by atoms with Crippen LogP contribution in [0.5, 0.6) is 0 Å². The lowest BCUT2D eigenvalue weighted by molar-refractivity contribution is 0.0478. The van der Waals surface area contributed by atoms with Crippen LogP contribution >= 0.6 is 11.3 Å². The maximum absolute atomic E-state index is 12.1. The first-order valence-corrected chi connectivity index (χ1v) is 8.08. The van der Waals surface area contributed by atoms with Crippen molar-refractivity contribution < 1.29 is 18.7 Å². The largest absolute Gasteiger partial charge is 0.459 e. The van der Waals surface area contributed by atoms with Crippen molar-refractivity contribution in [3.63, 3.8) is 0 Å². The van der Waals surface area contributed by atoms with E-state index in [-0.39, 0.29) is 18.3 Å². The van der Waals surface area contributed by atoms with Gasteiger partial charge in [-0.3, -0.25) is 4.79 Å². The average molecular weight is 352 g/mol. The Labute approximate surface area is 147 Å². The van der Waals surface area contributed by atoms with Gasteiger partial charge in [-0.05, 0) is 42.0 Å². The Morgan fingerprint density at radius 3 is 2.64 bits per heavy atom.